The molecule has 0 fully saturated rings. The summed E-state index contributed by atoms with van der Waals surface area (Å²) in [6.07, 6.45) is 6.11. The predicted octanol–water partition coefficient (Wildman–Crippen LogP) is 4.30. The number of hydrogen-bond donors (Lipinski definition) is 1. The number of nitrogens with zero attached hydrogens (tertiary/aromatic N) is 1. The standard InChI is InChI=1S/C19H19ClN2O2S2/c20-17-5-7-19(8-6-17)26(23,24)22-10-2-4-16-12-18(25-14-16)11-15-3-1-9-21-13-15/h1,3,5-9,12-14,22H,2,4,10-11H2. The number of benzene rings is 1. The quantitative estimate of drug-likeness (QED) is 0.567. The highest BCUT2D eigenvalue weighted by molar-refractivity contribution is 7.89. The van der Waals surface area contributed by atoms with Crippen molar-refractivity contribution in [3.05, 3.63) is 81.3 Å². The van der Waals surface area contributed by atoms with E-state index in [9.17, 15) is 8.42 Å². The van der Waals surface area contributed by atoms with Gasteiger partial charge in [0.2, 0.25) is 10.0 Å². The van der Waals surface area contributed by atoms with E-state index in [0.717, 1.165) is 19.3 Å². The zero-order chi connectivity index (χ0) is 18.4. The number of sulfonamides is 1. The van der Waals surface area contributed by atoms with Gasteiger partial charge in [-0.15, -0.1) is 11.3 Å². The molecule has 3 aromatic rings. The van der Waals surface area contributed by atoms with Gasteiger partial charge in [-0.05, 0) is 65.7 Å². The fraction of sp³-hybridized carbons (Fsp3) is 0.211. The van der Waals surface area contributed by atoms with E-state index in [2.05, 4.69) is 27.2 Å². The van der Waals surface area contributed by atoms with E-state index in [1.165, 1.54) is 28.1 Å². The summed E-state index contributed by atoms with van der Waals surface area (Å²) in [5.41, 5.74) is 2.43. The molecule has 2 heterocycles. The predicted molar refractivity (Wildman–Crippen MR) is 106 cm³/mol. The molecular formula is C19H19ClN2O2S2. The number of halogens is 1. The summed E-state index contributed by atoms with van der Waals surface area (Å²) < 4.78 is 27.0. The number of thiophene rings is 1. The maximum absolute atomic E-state index is 12.2. The van der Waals surface area contributed by atoms with Crippen molar-refractivity contribution >= 4 is 33.0 Å². The number of pyridine rings is 1. The third-order valence-electron chi connectivity index (χ3n) is 3.87. The lowest BCUT2D eigenvalue weighted by molar-refractivity contribution is 0.579. The Bertz CT molecular complexity index is 939. The molecule has 26 heavy (non-hydrogen) atoms. The van der Waals surface area contributed by atoms with Gasteiger partial charge in [0.15, 0.2) is 0 Å². The Balaban J connectivity index is 1.47. The monoisotopic (exact) mass is 406 g/mol. The number of rotatable bonds is 8. The molecule has 3 rings (SSSR count). The molecular weight excluding hydrogens is 388 g/mol. The first-order chi connectivity index (χ1) is 12.5. The van der Waals surface area contributed by atoms with E-state index in [1.54, 1.807) is 29.7 Å². The second-order valence-corrected chi connectivity index (χ2v) is 9.11. The topological polar surface area (TPSA) is 59.1 Å². The molecule has 7 heteroatoms. The molecule has 0 atom stereocenters. The molecule has 0 amide bonds. The summed E-state index contributed by atoms with van der Waals surface area (Å²) in [4.78, 5) is 5.65. The molecule has 0 aliphatic rings. The Hall–Kier alpha value is -1.73. The van der Waals surface area contributed by atoms with Gasteiger partial charge in [-0.3, -0.25) is 4.98 Å². The van der Waals surface area contributed by atoms with Gasteiger partial charge < -0.3 is 0 Å². The first-order valence-electron chi connectivity index (χ1n) is 8.23. The van der Waals surface area contributed by atoms with Gasteiger partial charge in [0.1, 0.15) is 0 Å². The fourth-order valence-corrected chi connectivity index (χ4v) is 4.71. The van der Waals surface area contributed by atoms with Crippen LogP contribution in [0, 0.1) is 0 Å². The third kappa shape index (κ3) is 5.38. The average Bonchev–Trinajstić information content (AvgIpc) is 3.07. The first-order valence-corrected chi connectivity index (χ1v) is 11.0. The third-order valence-corrected chi connectivity index (χ3v) is 6.58. The maximum Gasteiger partial charge on any atom is 0.240 e. The van der Waals surface area contributed by atoms with Crippen molar-refractivity contribution in [2.45, 2.75) is 24.2 Å². The van der Waals surface area contributed by atoms with Crippen LogP contribution in [0.5, 0.6) is 0 Å². The Kier molecular flexibility index (Phi) is 6.43. The summed E-state index contributed by atoms with van der Waals surface area (Å²) >= 11 is 7.52. The van der Waals surface area contributed by atoms with E-state index < -0.39 is 10.0 Å². The van der Waals surface area contributed by atoms with Crippen LogP contribution in [-0.2, 0) is 22.9 Å². The Morgan fingerprint density at radius 1 is 1.12 bits per heavy atom. The molecule has 136 valence electrons. The van der Waals surface area contributed by atoms with E-state index >= 15 is 0 Å². The Morgan fingerprint density at radius 2 is 1.92 bits per heavy atom. The molecule has 2 aromatic heterocycles. The van der Waals surface area contributed by atoms with E-state index in [1.807, 2.05) is 12.3 Å². The van der Waals surface area contributed by atoms with E-state index in [-0.39, 0.29) is 4.90 Å². The zero-order valence-corrected chi connectivity index (χ0v) is 16.4. The maximum atomic E-state index is 12.2. The first kappa shape index (κ1) is 19.0. The van der Waals surface area contributed by atoms with Crippen LogP contribution >= 0.6 is 22.9 Å². The highest BCUT2D eigenvalue weighted by Gasteiger charge is 2.12. The number of nitrogens with one attached hydrogen (secondary N) is 1. The molecule has 1 aromatic carbocycles. The van der Waals surface area contributed by atoms with Crippen LogP contribution in [0.25, 0.3) is 0 Å². The fourth-order valence-electron chi connectivity index (χ4n) is 2.55. The summed E-state index contributed by atoms with van der Waals surface area (Å²) in [6, 6.07) is 12.4. The van der Waals surface area contributed by atoms with Crippen LogP contribution in [0.15, 0.2) is 65.1 Å². The zero-order valence-electron chi connectivity index (χ0n) is 14.1. The van der Waals surface area contributed by atoms with Crippen molar-refractivity contribution in [3.63, 3.8) is 0 Å². The van der Waals surface area contributed by atoms with Crippen LogP contribution in [0.2, 0.25) is 5.02 Å². The molecule has 1 N–H and O–H groups in total. The van der Waals surface area contributed by atoms with Crippen molar-refractivity contribution in [2.75, 3.05) is 6.54 Å². The molecule has 0 saturated heterocycles. The number of hydrogen-bond acceptors (Lipinski definition) is 4. The van der Waals surface area contributed by atoms with Crippen molar-refractivity contribution in [2.24, 2.45) is 0 Å². The Labute approximate surface area is 162 Å². The molecule has 0 saturated carbocycles. The van der Waals surface area contributed by atoms with Crippen molar-refractivity contribution in [3.8, 4) is 0 Å². The molecule has 0 bridgehead atoms. The molecule has 4 nitrogen and oxygen atoms in total. The largest absolute Gasteiger partial charge is 0.264 e. The molecule has 0 aliphatic carbocycles. The molecule has 0 radical (unpaired) electrons. The van der Waals surface area contributed by atoms with Crippen LogP contribution in [0.1, 0.15) is 22.4 Å². The molecule has 0 spiro atoms. The van der Waals surface area contributed by atoms with Gasteiger partial charge in [-0.2, -0.15) is 0 Å². The minimum Gasteiger partial charge on any atom is -0.264 e. The second-order valence-electron chi connectivity index (χ2n) is 5.91. The second kappa shape index (κ2) is 8.77. The average molecular weight is 407 g/mol. The summed E-state index contributed by atoms with van der Waals surface area (Å²) in [6.45, 7) is 0.402. The molecule has 0 aliphatic heterocycles. The SMILES string of the molecule is O=S(=O)(NCCCc1csc(Cc2cccnc2)c1)c1ccc(Cl)cc1. The van der Waals surface area contributed by atoms with Gasteiger partial charge in [0.05, 0.1) is 4.90 Å². The smallest absolute Gasteiger partial charge is 0.240 e. The lowest BCUT2D eigenvalue weighted by atomic mass is 10.1. The number of aryl methyl sites for hydroxylation is 1. The van der Waals surface area contributed by atoms with Crippen LogP contribution in [-0.4, -0.2) is 19.9 Å². The molecule has 0 unspecified atom stereocenters. The van der Waals surface area contributed by atoms with Gasteiger partial charge in [-0.25, -0.2) is 13.1 Å². The van der Waals surface area contributed by atoms with Crippen molar-refractivity contribution in [1.29, 1.82) is 0 Å². The van der Waals surface area contributed by atoms with Gasteiger partial charge in [-0.1, -0.05) is 17.7 Å². The van der Waals surface area contributed by atoms with E-state index in [0.29, 0.717) is 11.6 Å². The van der Waals surface area contributed by atoms with Crippen molar-refractivity contribution < 1.29 is 8.42 Å². The van der Waals surface area contributed by atoms with E-state index in [4.69, 9.17) is 11.6 Å². The highest BCUT2D eigenvalue weighted by Crippen LogP contribution is 2.19. The van der Waals surface area contributed by atoms with Crippen LogP contribution < -0.4 is 4.72 Å². The number of aromatic nitrogens is 1. The van der Waals surface area contributed by atoms with Crippen LogP contribution in [0.3, 0.4) is 0 Å². The van der Waals surface area contributed by atoms with Gasteiger partial charge in [0, 0.05) is 35.3 Å². The van der Waals surface area contributed by atoms with Crippen molar-refractivity contribution in [1.82, 2.24) is 9.71 Å². The highest BCUT2D eigenvalue weighted by atomic mass is 35.5. The summed E-state index contributed by atoms with van der Waals surface area (Å²) in [7, 11) is -3.48. The van der Waals surface area contributed by atoms with Crippen LogP contribution in [0.4, 0.5) is 0 Å². The lowest BCUT2D eigenvalue weighted by Crippen LogP contribution is -2.25. The minimum atomic E-state index is -3.48. The normalized spacial score (nSPS) is 11.6. The Morgan fingerprint density at radius 3 is 2.65 bits per heavy atom. The summed E-state index contributed by atoms with van der Waals surface area (Å²) in [5, 5.41) is 2.66. The minimum absolute atomic E-state index is 0.233. The van der Waals surface area contributed by atoms with Gasteiger partial charge in [0.25, 0.3) is 0 Å². The summed E-state index contributed by atoms with van der Waals surface area (Å²) in [5.74, 6) is 0. The van der Waals surface area contributed by atoms with Gasteiger partial charge >= 0.3 is 0 Å². The lowest BCUT2D eigenvalue weighted by Gasteiger charge is -2.06.